The monoisotopic (exact) mass is 343 g/mol. The summed E-state index contributed by atoms with van der Waals surface area (Å²) in [5.41, 5.74) is 0.881. The minimum Gasteiger partial charge on any atom is -0.493 e. The molecule has 4 nitrogen and oxygen atoms in total. The topological polar surface area (TPSA) is 38.8 Å². The summed E-state index contributed by atoms with van der Waals surface area (Å²) >= 11 is 0. The standard InChI is InChI=1S/C20H22FNO3/c1-15-13-22(14-19(25-15)16-7-9-17(21)10-8-16)20(23)11-12-24-18-5-3-2-4-6-18/h2-10,15,19H,11-14H2,1H3. The average Bonchev–Trinajstić information content (AvgIpc) is 2.62. The highest BCUT2D eigenvalue weighted by Crippen LogP contribution is 2.25. The van der Waals surface area contributed by atoms with E-state index in [4.69, 9.17) is 9.47 Å². The molecule has 2 atom stereocenters. The Balaban J connectivity index is 1.55. The number of nitrogens with zero attached hydrogens (tertiary/aromatic N) is 1. The van der Waals surface area contributed by atoms with Gasteiger partial charge in [0.05, 0.1) is 25.7 Å². The molecule has 0 bridgehead atoms. The Hall–Kier alpha value is -2.40. The van der Waals surface area contributed by atoms with Crippen LogP contribution < -0.4 is 4.74 Å². The van der Waals surface area contributed by atoms with E-state index in [0.717, 1.165) is 11.3 Å². The predicted molar refractivity (Wildman–Crippen MR) is 92.8 cm³/mol. The Bertz CT molecular complexity index is 690. The van der Waals surface area contributed by atoms with Crippen molar-refractivity contribution in [2.24, 2.45) is 0 Å². The molecule has 2 aromatic rings. The van der Waals surface area contributed by atoms with Crippen molar-refractivity contribution in [3.63, 3.8) is 0 Å². The van der Waals surface area contributed by atoms with Gasteiger partial charge < -0.3 is 14.4 Å². The summed E-state index contributed by atoms with van der Waals surface area (Å²) < 4.78 is 24.6. The molecule has 3 rings (SSSR count). The lowest BCUT2D eigenvalue weighted by molar-refractivity contribution is -0.145. The number of para-hydroxylation sites is 1. The minimum absolute atomic E-state index is 0.0400. The molecule has 2 unspecified atom stereocenters. The molecule has 0 aliphatic carbocycles. The molecule has 1 heterocycles. The van der Waals surface area contributed by atoms with Gasteiger partial charge in [0.1, 0.15) is 17.7 Å². The molecule has 2 aromatic carbocycles. The van der Waals surface area contributed by atoms with Crippen molar-refractivity contribution in [1.29, 1.82) is 0 Å². The Kier molecular flexibility index (Phi) is 5.66. The Morgan fingerprint density at radius 3 is 2.60 bits per heavy atom. The Labute approximate surface area is 147 Å². The van der Waals surface area contributed by atoms with Crippen LogP contribution in [0.1, 0.15) is 25.0 Å². The van der Waals surface area contributed by atoms with Crippen LogP contribution in [0.5, 0.6) is 5.75 Å². The zero-order valence-corrected chi connectivity index (χ0v) is 14.2. The van der Waals surface area contributed by atoms with Crippen LogP contribution in [-0.4, -0.2) is 36.6 Å². The molecule has 0 saturated carbocycles. The van der Waals surface area contributed by atoms with Gasteiger partial charge in [-0.3, -0.25) is 4.79 Å². The molecule has 132 valence electrons. The summed E-state index contributed by atoms with van der Waals surface area (Å²) in [4.78, 5) is 14.3. The second-order valence-electron chi connectivity index (χ2n) is 6.20. The zero-order chi connectivity index (χ0) is 17.6. The smallest absolute Gasteiger partial charge is 0.226 e. The Morgan fingerprint density at radius 2 is 1.88 bits per heavy atom. The molecular weight excluding hydrogens is 321 g/mol. The lowest BCUT2D eigenvalue weighted by Crippen LogP contribution is -2.46. The number of ether oxygens (including phenoxy) is 2. The van der Waals surface area contributed by atoms with Crippen LogP contribution in [0.25, 0.3) is 0 Å². The van der Waals surface area contributed by atoms with Crippen LogP contribution in [-0.2, 0) is 9.53 Å². The first-order valence-electron chi connectivity index (χ1n) is 8.48. The maximum atomic E-state index is 13.1. The van der Waals surface area contributed by atoms with Crippen LogP contribution in [0.2, 0.25) is 0 Å². The summed E-state index contributed by atoms with van der Waals surface area (Å²) in [5, 5.41) is 0. The number of morpholine rings is 1. The van der Waals surface area contributed by atoms with Gasteiger partial charge in [0, 0.05) is 6.54 Å². The van der Waals surface area contributed by atoms with E-state index in [-0.39, 0.29) is 23.9 Å². The number of hydrogen-bond donors (Lipinski definition) is 0. The van der Waals surface area contributed by atoms with Gasteiger partial charge in [0.25, 0.3) is 0 Å². The number of rotatable bonds is 5. The van der Waals surface area contributed by atoms with E-state index >= 15 is 0 Å². The first-order valence-corrected chi connectivity index (χ1v) is 8.48. The van der Waals surface area contributed by atoms with Crippen LogP contribution in [0.3, 0.4) is 0 Å². The number of carbonyl (C=O) groups excluding carboxylic acids is 1. The van der Waals surface area contributed by atoms with Crippen molar-refractivity contribution in [3.05, 3.63) is 66.0 Å². The van der Waals surface area contributed by atoms with Gasteiger partial charge in [-0.1, -0.05) is 30.3 Å². The van der Waals surface area contributed by atoms with Gasteiger partial charge in [-0.15, -0.1) is 0 Å². The predicted octanol–water partition coefficient (Wildman–Crippen LogP) is 3.58. The van der Waals surface area contributed by atoms with E-state index in [1.807, 2.05) is 37.3 Å². The molecule has 0 spiro atoms. The van der Waals surface area contributed by atoms with Gasteiger partial charge in [-0.25, -0.2) is 4.39 Å². The molecule has 1 fully saturated rings. The van der Waals surface area contributed by atoms with Crippen molar-refractivity contribution in [1.82, 2.24) is 4.90 Å². The van der Waals surface area contributed by atoms with E-state index in [1.54, 1.807) is 17.0 Å². The van der Waals surface area contributed by atoms with Crippen LogP contribution in [0, 0.1) is 5.82 Å². The molecule has 0 aromatic heterocycles. The summed E-state index contributed by atoms with van der Waals surface area (Å²) in [7, 11) is 0. The molecule has 1 aliphatic rings. The number of carbonyl (C=O) groups is 1. The number of amides is 1. The van der Waals surface area contributed by atoms with E-state index in [9.17, 15) is 9.18 Å². The number of hydrogen-bond acceptors (Lipinski definition) is 3. The second-order valence-corrected chi connectivity index (χ2v) is 6.20. The first kappa shape index (κ1) is 17.4. The zero-order valence-electron chi connectivity index (χ0n) is 14.2. The summed E-state index contributed by atoms with van der Waals surface area (Å²) in [6.45, 7) is 3.31. The number of benzene rings is 2. The molecule has 1 aliphatic heterocycles. The lowest BCUT2D eigenvalue weighted by atomic mass is 10.1. The van der Waals surface area contributed by atoms with Crippen molar-refractivity contribution >= 4 is 5.91 Å². The number of halogens is 1. The summed E-state index contributed by atoms with van der Waals surface area (Å²) in [5.74, 6) is 0.520. The van der Waals surface area contributed by atoms with Gasteiger partial charge >= 0.3 is 0 Å². The third-order valence-electron chi connectivity index (χ3n) is 4.18. The van der Waals surface area contributed by atoms with Gasteiger partial charge in [0.15, 0.2) is 0 Å². The molecule has 1 amide bonds. The van der Waals surface area contributed by atoms with E-state index in [1.165, 1.54) is 12.1 Å². The van der Waals surface area contributed by atoms with Crippen molar-refractivity contribution in [2.75, 3.05) is 19.7 Å². The Morgan fingerprint density at radius 1 is 1.16 bits per heavy atom. The van der Waals surface area contributed by atoms with Gasteiger partial charge in [-0.2, -0.15) is 0 Å². The largest absolute Gasteiger partial charge is 0.493 e. The van der Waals surface area contributed by atoms with Crippen LogP contribution in [0.15, 0.2) is 54.6 Å². The van der Waals surface area contributed by atoms with E-state index in [0.29, 0.717) is 26.1 Å². The van der Waals surface area contributed by atoms with Crippen molar-refractivity contribution in [3.8, 4) is 5.75 Å². The fourth-order valence-corrected chi connectivity index (χ4v) is 2.95. The fourth-order valence-electron chi connectivity index (χ4n) is 2.95. The maximum Gasteiger partial charge on any atom is 0.226 e. The fraction of sp³-hybridized carbons (Fsp3) is 0.350. The summed E-state index contributed by atoms with van der Waals surface area (Å²) in [6.07, 6.45) is 0.0173. The normalized spacial score (nSPS) is 20.3. The molecular formula is C20H22FNO3. The lowest BCUT2D eigenvalue weighted by Gasteiger charge is -2.37. The molecule has 0 radical (unpaired) electrons. The quantitative estimate of drug-likeness (QED) is 0.833. The maximum absolute atomic E-state index is 13.1. The van der Waals surface area contributed by atoms with Crippen LogP contribution >= 0.6 is 0 Å². The second kappa shape index (κ2) is 8.12. The third-order valence-corrected chi connectivity index (χ3v) is 4.18. The third kappa shape index (κ3) is 4.79. The SMILES string of the molecule is CC1CN(C(=O)CCOc2ccccc2)CC(c2ccc(F)cc2)O1. The van der Waals surface area contributed by atoms with E-state index in [2.05, 4.69) is 0 Å². The van der Waals surface area contributed by atoms with Crippen molar-refractivity contribution < 1.29 is 18.7 Å². The molecule has 25 heavy (non-hydrogen) atoms. The highest BCUT2D eigenvalue weighted by molar-refractivity contribution is 5.76. The van der Waals surface area contributed by atoms with Gasteiger partial charge in [-0.05, 0) is 36.8 Å². The highest BCUT2D eigenvalue weighted by Gasteiger charge is 2.29. The summed E-state index contributed by atoms with van der Waals surface area (Å²) in [6, 6.07) is 15.7. The highest BCUT2D eigenvalue weighted by atomic mass is 19.1. The molecule has 0 N–H and O–H groups in total. The minimum atomic E-state index is -0.279. The van der Waals surface area contributed by atoms with Gasteiger partial charge in [0.2, 0.25) is 5.91 Å². The molecule has 5 heteroatoms. The first-order chi connectivity index (χ1) is 12.1. The van der Waals surface area contributed by atoms with Crippen LogP contribution in [0.4, 0.5) is 4.39 Å². The average molecular weight is 343 g/mol. The molecule has 1 saturated heterocycles. The van der Waals surface area contributed by atoms with Crippen molar-refractivity contribution in [2.45, 2.75) is 25.6 Å². The van der Waals surface area contributed by atoms with E-state index < -0.39 is 0 Å².